The van der Waals surface area contributed by atoms with Crippen LogP contribution in [-0.4, -0.2) is 38.8 Å². The number of nitrogens with zero attached hydrogens (tertiary/aromatic N) is 3. The zero-order valence-corrected chi connectivity index (χ0v) is 15.9. The van der Waals surface area contributed by atoms with Crippen LogP contribution in [0.5, 0.6) is 0 Å². The van der Waals surface area contributed by atoms with Crippen molar-refractivity contribution in [1.29, 1.82) is 0 Å². The van der Waals surface area contributed by atoms with Gasteiger partial charge < -0.3 is 19.0 Å². The van der Waals surface area contributed by atoms with Gasteiger partial charge in [0.1, 0.15) is 0 Å². The van der Waals surface area contributed by atoms with E-state index < -0.39 is 23.2 Å². The predicted octanol–water partition coefficient (Wildman–Crippen LogP) is 2.80. The second kappa shape index (κ2) is 6.74. The number of aromatic nitrogens is 3. The van der Waals surface area contributed by atoms with Crippen molar-refractivity contribution >= 4 is 22.2 Å². The lowest BCUT2D eigenvalue weighted by Crippen LogP contribution is -2.37. The zero-order chi connectivity index (χ0) is 21.0. The van der Waals surface area contributed by atoms with E-state index in [0.717, 1.165) is 17.6 Å². The Hall–Kier alpha value is -3.59. The molecule has 1 aliphatic heterocycles. The van der Waals surface area contributed by atoms with E-state index in [4.69, 9.17) is 4.74 Å². The van der Waals surface area contributed by atoms with Gasteiger partial charge in [-0.25, -0.2) is 13.8 Å². The number of carbonyl (C=O) groups excluding carboxylic acids is 1. The Kier molecular flexibility index (Phi) is 4.14. The summed E-state index contributed by atoms with van der Waals surface area (Å²) < 4.78 is 35.1. The lowest BCUT2D eigenvalue weighted by molar-refractivity contribution is 0.0335. The zero-order valence-electron chi connectivity index (χ0n) is 15.9. The normalized spacial score (nSPS) is 16.0. The minimum atomic E-state index is -1.10. The average molecular weight is 410 g/mol. The summed E-state index contributed by atoms with van der Waals surface area (Å²) in [7, 11) is 1.61. The predicted molar refractivity (Wildman–Crippen MR) is 104 cm³/mol. The topological polar surface area (TPSA) is 79.7 Å². The van der Waals surface area contributed by atoms with Gasteiger partial charge >= 0.3 is 0 Å². The Morgan fingerprint density at radius 3 is 2.83 bits per heavy atom. The third kappa shape index (κ3) is 2.78. The Morgan fingerprint density at radius 2 is 2.03 bits per heavy atom. The number of H-pyrrole nitrogens is 1. The number of pyridine rings is 2. The number of likely N-dealkylation sites (N-methyl/N-ethyl adjacent to an activating group) is 1. The fourth-order valence-electron chi connectivity index (χ4n) is 3.94. The Balaban J connectivity index is 1.62. The standard InChI is InChI=1S/C21H16F2N4O3/c1-26(21(29)11-2-3-12-6-24-10-27(12)7-11)18-9-30-8-17-19(18)13-4-15(22)16(23)5-14(13)20(28)25-17/h2-7,10,18H,8-9H2,1H3,(H,25,28)/t18-/m1/s1. The maximum absolute atomic E-state index is 14.0. The van der Waals surface area contributed by atoms with Gasteiger partial charge in [0.25, 0.3) is 11.5 Å². The summed E-state index contributed by atoms with van der Waals surface area (Å²) in [5.74, 6) is -2.44. The molecule has 0 spiro atoms. The van der Waals surface area contributed by atoms with Crippen LogP contribution in [-0.2, 0) is 11.3 Å². The highest BCUT2D eigenvalue weighted by atomic mass is 19.2. The quantitative estimate of drug-likeness (QED) is 0.551. The highest BCUT2D eigenvalue weighted by Gasteiger charge is 2.31. The van der Waals surface area contributed by atoms with Crippen molar-refractivity contribution in [2.45, 2.75) is 12.6 Å². The maximum atomic E-state index is 14.0. The van der Waals surface area contributed by atoms with Gasteiger partial charge in [0.15, 0.2) is 11.6 Å². The molecule has 0 saturated heterocycles. The second-order valence-corrected chi connectivity index (χ2v) is 7.25. The molecule has 7 nitrogen and oxygen atoms in total. The Morgan fingerprint density at radius 1 is 1.27 bits per heavy atom. The summed E-state index contributed by atoms with van der Waals surface area (Å²) >= 11 is 0. The highest BCUT2D eigenvalue weighted by Crippen LogP contribution is 2.34. The first-order valence-corrected chi connectivity index (χ1v) is 9.24. The first-order valence-electron chi connectivity index (χ1n) is 9.24. The third-order valence-corrected chi connectivity index (χ3v) is 5.48. The minimum Gasteiger partial charge on any atom is -0.373 e. The molecule has 4 heterocycles. The van der Waals surface area contributed by atoms with Crippen LogP contribution in [0.4, 0.5) is 8.78 Å². The number of rotatable bonds is 2. The lowest BCUT2D eigenvalue weighted by atomic mass is 9.95. The molecule has 0 bridgehead atoms. The molecule has 4 aromatic rings. The number of imidazole rings is 1. The largest absolute Gasteiger partial charge is 0.373 e. The molecule has 0 unspecified atom stereocenters. The van der Waals surface area contributed by atoms with Gasteiger partial charge in [-0.2, -0.15) is 0 Å². The van der Waals surface area contributed by atoms with Crippen molar-refractivity contribution < 1.29 is 18.3 Å². The van der Waals surface area contributed by atoms with Crippen LogP contribution in [0, 0.1) is 11.6 Å². The minimum absolute atomic E-state index is 0.0280. The number of hydrogen-bond donors (Lipinski definition) is 1. The Bertz CT molecular complexity index is 1380. The number of carbonyl (C=O) groups is 1. The summed E-state index contributed by atoms with van der Waals surface area (Å²) in [6, 6.07) is 4.77. The molecule has 0 aliphatic carbocycles. The van der Waals surface area contributed by atoms with Gasteiger partial charge in [0.2, 0.25) is 0 Å². The Labute approximate surface area is 168 Å². The van der Waals surface area contributed by atoms with Crippen LogP contribution in [0.15, 0.2) is 47.8 Å². The van der Waals surface area contributed by atoms with E-state index in [-0.39, 0.29) is 29.9 Å². The smallest absolute Gasteiger partial charge is 0.256 e. The number of benzene rings is 1. The van der Waals surface area contributed by atoms with Crippen LogP contribution in [0.1, 0.15) is 27.7 Å². The molecule has 0 saturated carbocycles. The molecule has 3 aromatic heterocycles. The van der Waals surface area contributed by atoms with Crippen molar-refractivity contribution in [2.24, 2.45) is 0 Å². The number of nitrogens with one attached hydrogen (secondary N) is 1. The SMILES string of the molecule is CN(C(=O)c1ccc2cncn2c1)[C@@H]1COCc2[nH]c(=O)c3cc(F)c(F)cc3c21. The van der Waals surface area contributed by atoms with Gasteiger partial charge in [0.05, 0.1) is 48.2 Å². The summed E-state index contributed by atoms with van der Waals surface area (Å²) in [5, 5.41) is 0.297. The van der Waals surface area contributed by atoms with E-state index in [1.54, 1.807) is 42.3 Å². The fourth-order valence-corrected chi connectivity index (χ4v) is 3.94. The molecule has 1 atom stereocenters. The van der Waals surface area contributed by atoms with E-state index >= 15 is 0 Å². The summed E-state index contributed by atoms with van der Waals surface area (Å²) in [5.41, 5.74) is 1.74. The van der Waals surface area contributed by atoms with Crippen LogP contribution in [0.25, 0.3) is 16.3 Å². The van der Waals surface area contributed by atoms with Gasteiger partial charge in [-0.1, -0.05) is 0 Å². The first kappa shape index (κ1) is 18.4. The first-order chi connectivity index (χ1) is 14.4. The number of hydrogen-bond acceptors (Lipinski definition) is 4. The number of halogens is 2. The van der Waals surface area contributed by atoms with Crippen molar-refractivity contribution in [3.05, 3.63) is 81.8 Å². The molecule has 0 fully saturated rings. The molecule has 152 valence electrons. The van der Waals surface area contributed by atoms with Crippen LogP contribution in [0.2, 0.25) is 0 Å². The molecule has 1 aromatic carbocycles. The molecule has 5 rings (SSSR count). The van der Waals surface area contributed by atoms with E-state index in [1.807, 2.05) is 0 Å². The highest BCUT2D eigenvalue weighted by molar-refractivity contribution is 5.95. The molecule has 0 radical (unpaired) electrons. The van der Waals surface area contributed by atoms with E-state index in [1.165, 1.54) is 4.90 Å². The summed E-state index contributed by atoms with van der Waals surface area (Å²) in [4.78, 5) is 33.7. The van der Waals surface area contributed by atoms with E-state index in [9.17, 15) is 18.4 Å². The van der Waals surface area contributed by atoms with Crippen LogP contribution < -0.4 is 5.56 Å². The third-order valence-electron chi connectivity index (χ3n) is 5.48. The van der Waals surface area contributed by atoms with Gasteiger partial charge in [-0.05, 0) is 29.7 Å². The second-order valence-electron chi connectivity index (χ2n) is 7.25. The van der Waals surface area contributed by atoms with Crippen molar-refractivity contribution in [2.75, 3.05) is 13.7 Å². The van der Waals surface area contributed by atoms with E-state index in [0.29, 0.717) is 16.8 Å². The molecule has 30 heavy (non-hydrogen) atoms. The van der Waals surface area contributed by atoms with E-state index in [2.05, 4.69) is 9.97 Å². The van der Waals surface area contributed by atoms with Crippen molar-refractivity contribution in [3.8, 4) is 0 Å². The number of ether oxygens (including phenoxy) is 1. The monoisotopic (exact) mass is 410 g/mol. The van der Waals surface area contributed by atoms with Crippen molar-refractivity contribution in [1.82, 2.24) is 19.3 Å². The summed E-state index contributed by atoms with van der Waals surface area (Å²) in [6.45, 7) is 0.266. The average Bonchev–Trinajstić information content (AvgIpc) is 3.21. The molecule has 9 heteroatoms. The van der Waals surface area contributed by atoms with Crippen molar-refractivity contribution in [3.63, 3.8) is 0 Å². The maximum Gasteiger partial charge on any atom is 0.256 e. The summed E-state index contributed by atoms with van der Waals surface area (Å²) in [6.07, 6.45) is 4.95. The van der Waals surface area contributed by atoms with Gasteiger partial charge in [-0.3, -0.25) is 9.59 Å². The van der Waals surface area contributed by atoms with Crippen LogP contribution in [0.3, 0.4) is 0 Å². The molecule has 1 aliphatic rings. The van der Waals surface area contributed by atoms with Gasteiger partial charge in [-0.15, -0.1) is 0 Å². The number of amides is 1. The number of fused-ring (bicyclic) bond motifs is 4. The number of aromatic amines is 1. The molecule has 1 amide bonds. The van der Waals surface area contributed by atoms with Gasteiger partial charge in [0, 0.05) is 24.5 Å². The fraction of sp³-hybridized carbons (Fsp3) is 0.190. The molecular formula is C21H16F2N4O3. The van der Waals surface area contributed by atoms with Crippen LogP contribution >= 0.6 is 0 Å². The lowest BCUT2D eigenvalue weighted by Gasteiger charge is -2.34. The molecular weight excluding hydrogens is 394 g/mol. The molecule has 1 N–H and O–H groups in total.